The van der Waals surface area contributed by atoms with Crippen molar-refractivity contribution >= 4 is 23.7 Å². The lowest BCUT2D eigenvalue weighted by Gasteiger charge is -2.29. The Balaban J connectivity index is 2.46. The highest BCUT2D eigenvalue weighted by atomic mass is 19.1. The van der Waals surface area contributed by atoms with E-state index in [9.17, 15) is 19.1 Å². The molecule has 0 aliphatic carbocycles. The molecule has 1 aromatic carbocycles. The maximum absolute atomic E-state index is 13.2. The van der Waals surface area contributed by atoms with Gasteiger partial charge in [-0.15, -0.1) is 0 Å². The summed E-state index contributed by atoms with van der Waals surface area (Å²) in [5.74, 6) is -0.145. The van der Waals surface area contributed by atoms with E-state index in [1.807, 2.05) is 6.92 Å². The number of benzene rings is 1. The van der Waals surface area contributed by atoms with Crippen LogP contribution in [0.25, 0.3) is 0 Å². The van der Waals surface area contributed by atoms with Gasteiger partial charge in [-0.1, -0.05) is 6.58 Å². The van der Waals surface area contributed by atoms with Gasteiger partial charge in [0.1, 0.15) is 18.2 Å². The lowest BCUT2D eigenvalue weighted by molar-refractivity contribution is -0.130. The molecule has 0 saturated carbocycles. The number of Topliss-reactive ketones (excluding diaryl/α,β-unsaturated/α-hetero) is 1. The third-order valence-corrected chi connectivity index (χ3v) is 5.59. The summed E-state index contributed by atoms with van der Waals surface area (Å²) in [4.78, 5) is 34.8. The Morgan fingerprint density at radius 1 is 1.38 bits per heavy atom. The normalized spacial score (nSPS) is 21.0. The monoisotopic (exact) mass is 445 g/mol. The number of aryl methyl sites for hydroxylation is 1. The van der Waals surface area contributed by atoms with Gasteiger partial charge in [-0.2, -0.15) is 0 Å². The molecule has 2 unspecified atom stereocenters. The van der Waals surface area contributed by atoms with Crippen LogP contribution in [0.1, 0.15) is 55.2 Å². The average Bonchev–Trinajstić information content (AvgIpc) is 2.76. The van der Waals surface area contributed by atoms with Crippen LogP contribution >= 0.6 is 0 Å². The standard InChI is InChI=1S/C24H32FN3O4/c1-5-26-24(27-11-10-25)18-14-16(2)22(21(15-18)32-4)23-19(30)8-6-12-28(17(3)29)13-7-9-20(23)31/h5,11,14-15,19,23,30H,1,6-10,12-13H2,2-4H3. The second-order valence-corrected chi connectivity index (χ2v) is 7.77. The molecule has 1 aliphatic rings. The minimum Gasteiger partial charge on any atom is -0.496 e. The predicted molar refractivity (Wildman–Crippen MR) is 123 cm³/mol. The number of aliphatic hydroxyl groups excluding tert-OH is 1. The number of carbonyl (C=O) groups excluding carboxylic acids is 2. The fourth-order valence-electron chi connectivity index (χ4n) is 4.10. The number of aliphatic hydroxyl groups is 1. The number of carbonyl (C=O) groups is 2. The van der Waals surface area contributed by atoms with Crippen molar-refractivity contribution in [1.82, 2.24) is 4.90 Å². The molecular formula is C24H32FN3O4. The van der Waals surface area contributed by atoms with E-state index >= 15 is 0 Å². The van der Waals surface area contributed by atoms with Crippen molar-refractivity contribution in [1.29, 1.82) is 0 Å². The van der Waals surface area contributed by atoms with E-state index in [1.54, 1.807) is 17.0 Å². The summed E-state index contributed by atoms with van der Waals surface area (Å²) in [5, 5.41) is 11.0. The van der Waals surface area contributed by atoms with E-state index in [0.717, 1.165) is 11.8 Å². The van der Waals surface area contributed by atoms with E-state index in [-0.39, 0.29) is 23.9 Å². The summed E-state index contributed by atoms with van der Waals surface area (Å²) >= 11 is 0. The Labute approximate surface area is 188 Å². The molecule has 1 heterocycles. The summed E-state index contributed by atoms with van der Waals surface area (Å²) < 4.78 is 18.2. The molecule has 0 bridgehead atoms. The minimum atomic E-state index is -0.904. The van der Waals surface area contributed by atoms with Crippen LogP contribution in [0.2, 0.25) is 0 Å². The lowest BCUT2D eigenvalue weighted by atomic mass is 9.81. The zero-order chi connectivity index (χ0) is 23.7. The van der Waals surface area contributed by atoms with Gasteiger partial charge in [0.2, 0.25) is 5.91 Å². The van der Waals surface area contributed by atoms with Gasteiger partial charge >= 0.3 is 0 Å². The van der Waals surface area contributed by atoms with Crippen molar-refractivity contribution in [2.75, 3.05) is 26.9 Å². The fourth-order valence-corrected chi connectivity index (χ4v) is 4.10. The number of hydrogen-bond acceptors (Lipinski definition) is 5. The molecule has 1 N–H and O–H groups in total. The Hall–Kier alpha value is -2.87. The summed E-state index contributed by atoms with van der Waals surface area (Å²) in [6, 6.07) is 3.49. The molecule has 174 valence electrons. The molecule has 0 radical (unpaired) electrons. The van der Waals surface area contributed by atoms with Gasteiger partial charge in [0.05, 0.1) is 19.1 Å². The highest BCUT2D eigenvalue weighted by molar-refractivity contribution is 6.04. The molecule has 1 aromatic rings. The van der Waals surface area contributed by atoms with Crippen molar-refractivity contribution < 1.29 is 23.8 Å². The Bertz CT molecular complexity index is 897. The fraction of sp³-hybridized carbons (Fsp3) is 0.500. The van der Waals surface area contributed by atoms with Gasteiger partial charge in [0, 0.05) is 50.0 Å². The van der Waals surface area contributed by atoms with Gasteiger partial charge in [-0.3, -0.25) is 9.59 Å². The quantitative estimate of drug-likeness (QED) is 0.556. The number of halogens is 1. The van der Waals surface area contributed by atoms with Crippen LogP contribution in [-0.2, 0) is 9.59 Å². The molecule has 1 amide bonds. The summed E-state index contributed by atoms with van der Waals surface area (Å²) in [6.45, 7) is 7.27. The number of alkyl halides is 1. The predicted octanol–water partition coefficient (Wildman–Crippen LogP) is 3.37. The molecule has 0 spiro atoms. The van der Waals surface area contributed by atoms with E-state index in [2.05, 4.69) is 16.6 Å². The van der Waals surface area contributed by atoms with Crippen LogP contribution in [0.3, 0.4) is 0 Å². The zero-order valence-electron chi connectivity index (χ0n) is 19.0. The Morgan fingerprint density at radius 3 is 2.72 bits per heavy atom. The van der Waals surface area contributed by atoms with Crippen LogP contribution in [0.15, 0.2) is 34.9 Å². The van der Waals surface area contributed by atoms with Crippen molar-refractivity contribution in [2.24, 2.45) is 9.98 Å². The highest BCUT2D eigenvalue weighted by Gasteiger charge is 2.33. The van der Waals surface area contributed by atoms with E-state index < -0.39 is 18.7 Å². The summed E-state index contributed by atoms with van der Waals surface area (Å²) in [7, 11) is 1.50. The summed E-state index contributed by atoms with van der Waals surface area (Å²) in [6.07, 6.45) is 3.29. The number of nitrogens with zero attached hydrogens (tertiary/aromatic N) is 3. The summed E-state index contributed by atoms with van der Waals surface area (Å²) in [5.41, 5.74) is 1.96. The number of rotatable bonds is 5. The van der Waals surface area contributed by atoms with Crippen molar-refractivity contribution in [3.8, 4) is 5.75 Å². The average molecular weight is 446 g/mol. The number of methoxy groups -OCH3 is 1. The molecule has 1 fully saturated rings. The topological polar surface area (TPSA) is 91.6 Å². The minimum absolute atomic E-state index is 0.0235. The number of hydrogen-bond donors (Lipinski definition) is 1. The second-order valence-electron chi connectivity index (χ2n) is 7.77. The molecule has 1 aliphatic heterocycles. The Morgan fingerprint density at radius 2 is 2.09 bits per heavy atom. The van der Waals surface area contributed by atoms with E-state index in [4.69, 9.17) is 4.74 Å². The van der Waals surface area contributed by atoms with Crippen molar-refractivity contribution in [3.05, 3.63) is 41.6 Å². The first kappa shape index (κ1) is 25.4. The molecule has 7 nitrogen and oxygen atoms in total. The van der Waals surface area contributed by atoms with Crippen LogP contribution in [0, 0.1) is 6.92 Å². The number of amidine groups is 1. The maximum atomic E-state index is 13.2. The van der Waals surface area contributed by atoms with Gasteiger partial charge in [-0.25, -0.2) is 14.4 Å². The molecule has 2 rings (SSSR count). The van der Waals surface area contributed by atoms with Gasteiger partial charge in [-0.05, 0) is 43.9 Å². The van der Waals surface area contributed by atoms with Gasteiger partial charge in [0.25, 0.3) is 0 Å². The number of ether oxygens (including phenoxy) is 1. The first-order valence-electron chi connectivity index (χ1n) is 10.8. The number of ketones is 1. The lowest BCUT2D eigenvalue weighted by Crippen LogP contribution is -2.35. The molecule has 32 heavy (non-hydrogen) atoms. The zero-order valence-corrected chi connectivity index (χ0v) is 19.0. The van der Waals surface area contributed by atoms with Crippen LogP contribution in [-0.4, -0.2) is 66.7 Å². The number of aliphatic imine (C=N–C) groups is 2. The SMILES string of the molecule is C=CN=C(N=CCF)c1cc(C)c(C2C(=O)CCCN(C(C)=O)CCCC2O)c(OC)c1. The third-order valence-electron chi connectivity index (χ3n) is 5.59. The third kappa shape index (κ3) is 6.32. The molecule has 0 aromatic heterocycles. The Kier molecular flexibility index (Phi) is 9.71. The first-order valence-corrected chi connectivity index (χ1v) is 10.8. The van der Waals surface area contributed by atoms with Crippen molar-refractivity contribution in [2.45, 2.75) is 51.6 Å². The van der Waals surface area contributed by atoms with E-state index in [1.165, 1.54) is 20.2 Å². The van der Waals surface area contributed by atoms with Crippen LogP contribution < -0.4 is 4.74 Å². The second kappa shape index (κ2) is 12.2. The van der Waals surface area contributed by atoms with Crippen LogP contribution in [0.4, 0.5) is 4.39 Å². The largest absolute Gasteiger partial charge is 0.496 e. The number of amides is 1. The van der Waals surface area contributed by atoms with Gasteiger partial charge in [0.15, 0.2) is 5.84 Å². The van der Waals surface area contributed by atoms with Crippen LogP contribution in [0.5, 0.6) is 5.75 Å². The smallest absolute Gasteiger partial charge is 0.219 e. The molecule has 1 saturated heterocycles. The molecule has 2 atom stereocenters. The highest BCUT2D eigenvalue weighted by Crippen LogP contribution is 2.37. The molecule has 8 heteroatoms. The first-order chi connectivity index (χ1) is 15.3. The molecular weight excluding hydrogens is 413 g/mol. The van der Waals surface area contributed by atoms with Gasteiger partial charge < -0.3 is 14.7 Å². The van der Waals surface area contributed by atoms with Crippen molar-refractivity contribution in [3.63, 3.8) is 0 Å². The van der Waals surface area contributed by atoms with E-state index in [0.29, 0.717) is 49.2 Å². The maximum Gasteiger partial charge on any atom is 0.219 e.